The van der Waals surface area contributed by atoms with Gasteiger partial charge in [0, 0.05) is 32.4 Å². The highest BCUT2D eigenvalue weighted by molar-refractivity contribution is 6.12. The van der Waals surface area contributed by atoms with Crippen LogP contribution in [-0.2, 0) is 11.3 Å². The standard InChI is InChI=1S/C18H23N5O4/c1-11(2)23-13(6-7-20-23)21-16(24)14-12(3)27-17-15(14)18(25)22(10-19-17)8-5-9-26-4/h6-7,10-11H,5,8-9H2,1-4H3,(H,21,24). The lowest BCUT2D eigenvalue weighted by molar-refractivity contribution is 0.102. The van der Waals surface area contributed by atoms with E-state index in [2.05, 4.69) is 15.4 Å². The second kappa shape index (κ2) is 7.75. The molecule has 1 amide bonds. The molecule has 9 nitrogen and oxygen atoms in total. The van der Waals surface area contributed by atoms with Gasteiger partial charge in [-0.3, -0.25) is 14.2 Å². The molecule has 0 radical (unpaired) electrons. The van der Waals surface area contributed by atoms with Gasteiger partial charge in [0.25, 0.3) is 11.5 Å². The molecule has 3 aromatic heterocycles. The van der Waals surface area contributed by atoms with Crippen LogP contribution in [0.1, 0.15) is 42.4 Å². The number of hydrogen-bond donors (Lipinski definition) is 1. The van der Waals surface area contributed by atoms with Gasteiger partial charge in [0.1, 0.15) is 23.3 Å². The third kappa shape index (κ3) is 3.63. The van der Waals surface area contributed by atoms with Crippen LogP contribution in [0.25, 0.3) is 11.1 Å². The first-order valence-corrected chi connectivity index (χ1v) is 8.76. The van der Waals surface area contributed by atoms with Crippen molar-refractivity contribution in [1.29, 1.82) is 0 Å². The minimum atomic E-state index is -0.429. The highest BCUT2D eigenvalue weighted by atomic mass is 16.5. The molecule has 0 saturated heterocycles. The molecule has 0 aliphatic carbocycles. The molecule has 0 unspecified atom stereocenters. The quantitative estimate of drug-likeness (QED) is 0.638. The lowest BCUT2D eigenvalue weighted by Gasteiger charge is -2.11. The summed E-state index contributed by atoms with van der Waals surface area (Å²) in [7, 11) is 1.61. The number of hydrogen-bond acceptors (Lipinski definition) is 6. The van der Waals surface area contributed by atoms with E-state index in [0.717, 1.165) is 0 Å². The molecule has 0 atom stereocenters. The molecule has 0 bridgehead atoms. The third-order valence-electron chi connectivity index (χ3n) is 4.23. The van der Waals surface area contributed by atoms with Gasteiger partial charge in [0.15, 0.2) is 0 Å². The molecule has 3 aromatic rings. The van der Waals surface area contributed by atoms with E-state index in [1.54, 1.807) is 31.0 Å². The molecule has 1 N–H and O–H groups in total. The first-order valence-electron chi connectivity index (χ1n) is 8.76. The number of carbonyl (C=O) groups is 1. The largest absolute Gasteiger partial charge is 0.442 e. The minimum Gasteiger partial charge on any atom is -0.442 e. The number of nitrogens with zero attached hydrogens (tertiary/aromatic N) is 4. The van der Waals surface area contributed by atoms with Crippen LogP contribution in [0.4, 0.5) is 5.82 Å². The van der Waals surface area contributed by atoms with Gasteiger partial charge in [-0.15, -0.1) is 0 Å². The Morgan fingerprint density at radius 2 is 2.19 bits per heavy atom. The summed E-state index contributed by atoms with van der Waals surface area (Å²) in [5.74, 6) is 0.465. The Balaban J connectivity index is 1.99. The van der Waals surface area contributed by atoms with Crippen LogP contribution in [-0.4, -0.2) is 39.0 Å². The molecule has 0 aromatic carbocycles. The zero-order valence-electron chi connectivity index (χ0n) is 15.9. The van der Waals surface area contributed by atoms with E-state index in [9.17, 15) is 9.59 Å². The van der Waals surface area contributed by atoms with E-state index >= 15 is 0 Å². The Morgan fingerprint density at radius 3 is 2.89 bits per heavy atom. The van der Waals surface area contributed by atoms with Crippen LogP contribution in [0.2, 0.25) is 0 Å². The zero-order valence-corrected chi connectivity index (χ0v) is 15.9. The van der Waals surface area contributed by atoms with Crippen molar-refractivity contribution in [3.8, 4) is 0 Å². The number of methoxy groups -OCH3 is 1. The molecular formula is C18H23N5O4. The van der Waals surface area contributed by atoms with E-state index < -0.39 is 5.91 Å². The first-order chi connectivity index (χ1) is 12.9. The number of amides is 1. The van der Waals surface area contributed by atoms with E-state index in [4.69, 9.17) is 9.15 Å². The summed E-state index contributed by atoms with van der Waals surface area (Å²) in [5, 5.41) is 7.19. The normalized spacial score (nSPS) is 11.4. The Labute approximate surface area is 155 Å². The predicted molar refractivity (Wildman–Crippen MR) is 100 cm³/mol. The van der Waals surface area contributed by atoms with E-state index in [0.29, 0.717) is 31.2 Å². The Morgan fingerprint density at radius 1 is 1.41 bits per heavy atom. The van der Waals surface area contributed by atoms with E-state index in [1.165, 1.54) is 10.9 Å². The average molecular weight is 373 g/mol. The summed E-state index contributed by atoms with van der Waals surface area (Å²) in [6.45, 7) is 6.54. The predicted octanol–water partition coefficient (Wildman–Crippen LogP) is 2.36. The third-order valence-corrected chi connectivity index (χ3v) is 4.23. The van der Waals surface area contributed by atoms with Crippen LogP contribution >= 0.6 is 0 Å². The maximum Gasteiger partial charge on any atom is 0.265 e. The molecule has 0 fully saturated rings. The Kier molecular flexibility index (Phi) is 5.41. The minimum absolute atomic E-state index is 0.0807. The van der Waals surface area contributed by atoms with Crippen molar-refractivity contribution < 1.29 is 13.9 Å². The average Bonchev–Trinajstić information content (AvgIpc) is 3.21. The number of anilines is 1. The zero-order chi connectivity index (χ0) is 19.6. The molecule has 0 aliphatic rings. The fourth-order valence-corrected chi connectivity index (χ4v) is 2.95. The van der Waals surface area contributed by atoms with Crippen molar-refractivity contribution in [2.45, 2.75) is 39.8 Å². The topological polar surface area (TPSA) is 104 Å². The number of aryl methyl sites for hydroxylation is 2. The van der Waals surface area contributed by atoms with E-state index in [1.807, 2.05) is 13.8 Å². The molecule has 0 spiro atoms. The van der Waals surface area contributed by atoms with Gasteiger partial charge in [-0.2, -0.15) is 5.10 Å². The van der Waals surface area contributed by atoms with Crippen LogP contribution in [0.3, 0.4) is 0 Å². The summed E-state index contributed by atoms with van der Waals surface area (Å²) in [6.07, 6.45) is 3.70. The molecule has 144 valence electrons. The number of furan rings is 1. The Hall–Kier alpha value is -2.94. The van der Waals surface area contributed by atoms with Crippen LogP contribution < -0.4 is 10.9 Å². The summed E-state index contributed by atoms with van der Waals surface area (Å²) in [5.41, 5.74) is 0.0403. The molecule has 3 heterocycles. The number of rotatable bonds is 7. The van der Waals surface area contributed by atoms with Crippen molar-refractivity contribution in [3.63, 3.8) is 0 Å². The van der Waals surface area contributed by atoms with Crippen LogP contribution in [0.15, 0.2) is 27.8 Å². The van der Waals surface area contributed by atoms with Gasteiger partial charge in [-0.1, -0.05) is 0 Å². The van der Waals surface area contributed by atoms with Crippen molar-refractivity contribution in [2.75, 3.05) is 19.0 Å². The lowest BCUT2D eigenvalue weighted by Crippen LogP contribution is -2.24. The maximum absolute atomic E-state index is 12.9. The number of fused-ring (bicyclic) bond motifs is 1. The van der Waals surface area contributed by atoms with Gasteiger partial charge >= 0.3 is 0 Å². The number of nitrogens with one attached hydrogen (secondary N) is 1. The van der Waals surface area contributed by atoms with Crippen molar-refractivity contribution in [1.82, 2.24) is 19.3 Å². The summed E-state index contributed by atoms with van der Waals surface area (Å²) < 4.78 is 13.7. The highest BCUT2D eigenvalue weighted by Gasteiger charge is 2.24. The molecular weight excluding hydrogens is 350 g/mol. The fraction of sp³-hybridized carbons (Fsp3) is 0.444. The van der Waals surface area contributed by atoms with Gasteiger partial charge in [0.2, 0.25) is 5.71 Å². The monoisotopic (exact) mass is 373 g/mol. The maximum atomic E-state index is 12.9. The van der Waals surface area contributed by atoms with Gasteiger partial charge in [-0.25, -0.2) is 9.67 Å². The second-order valence-electron chi connectivity index (χ2n) is 6.51. The van der Waals surface area contributed by atoms with Gasteiger partial charge in [0.05, 0.1) is 11.8 Å². The van der Waals surface area contributed by atoms with Gasteiger partial charge < -0.3 is 14.5 Å². The molecule has 27 heavy (non-hydrogen) atoms. The van der Waals surface area contributed by atoms with Crippen molar-refractivity contribution >= 4 is 22.8 Å². The van der Waals surface area contributed by atoms with Crippen LogP contribution in [0, 0.1) is 6.92 Å². The number of aromatic nitrogens is 4. The smallest absolute Gasteiger partial charge is 0.265 e. The molecule has 9 heteroatoms. The summed E-state index contributed by atoms with van der Waals surface area (Å²) in [6, 6.07) is 1.79. The highest BCUT2D eigenvalue weighted by Crippen LogP contribution is 2.23. The first kappa shape index (κ1) is 18.8. The lowest BCUT2D eigenvalue weighted by atomic mass is 10.1. The van der Waals surface area contributed by atoms with Crippen LogP contribution in [0.5, 0.6) is 0 Å². The van der Waals surface area contributed by atoms with Crippen molar-refractivity contribution in [2.24, 2.45) is 0 Å². The Bertz CT molecular complexity index is 1010. The summed E-state index contributed by atoms with van der Waals surface area (Å²) >= 11 is 0. The second-order valence-corrected chi connectivity index (χ2v) is 6.51. The summed E-state index contributed by atoms with van der Waals surface area (Å²) in [4.78, 5) is 29.9. The number of carbonyl (C=O) groups excluding carboxylic acids is 1. The molecule has 3 rings (SSSR count). The van der Waals surface area contributed by atoms with E-state index in [-0.39, 0.29) is 28.3 Å². The van der Waals surface area contributed by atoms with Gasteiger partial charge in [-0.05, 0) is 27.2 Å². The number of ether oxygens (including phenoxy) is 1. The fourth-order valence-electron chi connectivity index (χ4n) is 2.95. The molecule has 0 saturated carbocycles. The SMILES string of the molecule is COCCCn1cnc2oc(C)c(C(=O)Nc3ccnn3C(C)C)c2c1=O. The molecule has 0 aliphatic heterocycles. The van der Waals surface area contributed by atoms with Crippen molar-refractivity contribution in [3.05, 3.63) is 40.3 Å².